The predicted molar refractivity (Wildman–Crippen MR) is 316 cm³/mol. The molecular weight excluding hydrogens is 947 g/mol. The van der Waals surface area contributed by atoms with Crippen LogP contribution in [0, 0.1) is 0 Å². The Hall–Kier alpha value is -9.95. The first kappa shape index (κ1) is 42.5. The summed E-state index contributed by atoms with van der Waals surface area (Å²) in [7, 11) is 0. The molecule has 0 aliphatic heterocycles. The van der Waals surface area contributed by atoms with Crippen LogP contribution < -0.4 is 0 Å². The molecule has 0 N–H and O–H groups in total. The zero-order valence-corrected chi connectivity index (χ0v) is 41.5. The fraction of sp³-hybridized carbons (Fsp3) is 0. The van der Waals surface area contributed by atoms with Crippen LogP contribution in [0.1, 0.15) is 0 Å². The predicted octanol–water partition coefficient (Wildman–Crippen LogP) is 18.7. The maximum Gasteiger partial charge on any atom is 0.164 e. The van der Waals surface area contributed by atoms with Crippen molar-refractivity contribution >= 4 is 97.1 Å². The first-order valence-corrected chi connectivity index (χ1v) is 26.4. The van der Waals surface area contributed by atoms with E-state index in [4.69, 9.17) is 19.4 Å². The summed E-state index contributed by atoms with van der Waals surface area (Å²) < 4.78 is 13.8. The second kappa shape index (κ2) is 16.8. The van der Waals surface area contributed by atoms with E-state index in [1.165, 1.54) is 53.1 Å². The minimum atomic E-state index is 0.569. The Kier molecular flexibility index (Phi) is 9.40. The van der Waals surface area contributed by atoms with Gasteiger partial charge in [0.15, 0.2) is 17.5 Å². The van der Waals surface area contributed by atoms with Crippen LogP contribution in [0.3, 0.4) is 0 Å². The molecule has 5 aromatic heterocycles. The van der Waals surface area contributed by atoms with E-state index in [-0.39, 0.29) is 0 Å². The smallest absolute Gasteiger partial charge is 0.164 e. The molecule has 76 heavy (non-hydrogen) atoms. The third-order valence-corrected chi connectivity index (χ3v) is 16.4. The van der Waals surface area contributed by atoms with Gasteiger partial charge in [0.25, 0.3) is 0 Å². The Balaban J connectivity index is 0.912. The topological polar surface area (TPSA) is 61.7 Å². The van der Waals surface area contributed by atoms with Crippen molar-refractivity contribution in [2.45, 2.75) is 0 Å². The monoisotopic (exact) mass is 987 g/mol. The van der Waals surface area contributed by atoms with Crippen molar-refractivity contribution in [3.8, 4) is 67.8 Å². The number of hydrogen-bond acceptors (Lipinski definition) is 5. The number of rotatable bonds is 7. The van der Waals surface area contributed by atoms with E-state index < -0.39 is 0 Å². The number of nitrogens with zero attached hydrogens (tertiary/aromatic N) is 5. The summed E-state index contributed by atoms with van der Waals surface area (Å²) in [5.41, 5.74) is 15.6. The molecule has 354 valence electrons. The van der Waals surface area contributed by atoms with Crippen molar-refractivity contribution in [3.63, 3.8) is 0 Å². The fourth-order valence-corrected chi connectivity index (χ4v) is 13.0. The molecule has 0 amide bonds. The summed E-state index contributed by atoms with van der Waals surface area (Å²) in [6.45, 7) is 0. The van der Waals surface area contributed by atoms with Crippen LogP contribution >= 0.6 is 11.3 Å². The van der Waals surface area contributed by atoms with Gasteiger partial charge in [0.1, 0.15) is 11.2 Å². The summed E-state index contributed by atoms with van der Waals surface area (Å²) in [5, 5.41) is 9.50. The molecule has 0 spiro atoms. The number of fused-ring (bicyclic) bond motifs is 12. The molecule has 5 heterocycles. The van der Waals surface area contributed by atoms with Gasteiger partial charge in [0, 0.05) is 86.1 Å². The quantitative estimate of drug-likeness (QED) is 0.160. The number of furan rings is 1. The normalized spacial score (nSPS) is 11.9. The van der Waals surface area contributed by atoms with Crippen LogP contribution in [0.15, 0.2) is 253 Å². The van der Waals surface area contributed by atoms with Gasteiger partial charge in [-0.1, -0.05) is 176 Å². The van der Waals surface area contributed by atoms with Crippen molar-refractivity contribution in [1.82, 2.24) is 24.1 Å². The van der Waals surface area contributed by atoms with Crippen LogP contribution in [-0.2, 0) is 0 Å². The van der Waals surface area contributed by atoms with Gasteiger partial charge in [-0.25, -0.2) is 15.0 Å². The molecule has 0 bridgehead atoms. The lowest BCUT2D eigenvalue weighted by molar-refractivity contribution is 0.669. The molecule has 0 fully saturated rings. The highest BCUT2D eigenvalue weighted by Crippen LogP contribution is 2.44. The highest BCUT2D eigenvalue weighted by Gasteiger charge is 2.22. The van der Waals surface area contributed by atoms with Gasteiger partial charge in [0.05, 0.1) is 22.1 Å². The Labute approximate surface area is 439 Å². The van der Waals surface area contributed by atoms with Crippen LogP contribution in [0.2, 0.25) is 0 Å². The Morgan fingerprint density at radius 3 is 1.66 bits per heavy atom. The standard InChI is InChI=1S/C69H41N5OS/c1-2-16-42(17-3-1)67-70-68(72-69(71-67)46-34-36-54-53-24-6-10-32-62(53)75-63(54)40-46)45-20-13-21-47(39-45)74-61-37-35-48(73-59-30-8-4-22-51(59)52-23-5-9-31-60(52)73)41-58(61)56-28-14-26-49(65(56)74)43-18-12-19-44(38-43)50-27-15-29-57-55-25-7-11-33-64(55)76-66(50)57/h1-41H. The molecule has 0 radical (unpaired) electrons. The Morgan fingerprint density at radius 1 is 0.303 bits per heavy atom. The number of thiophene rings is 1. The molecule has 11 aromatic carbocycles. The first-order valence-electron chi connectivity index (χ1n) is 25.6. The highest BCUT2D eigenvalue weighted by molar-refractivity contribution is 7.26. The number of para-hydroxylation sites is 4. The lowest BCUT2D eigenvalue weighted by Crippen LogP contribution is -2.01. The van der Waals surface area contributed by atoms with Crippen molar-refractivity contribution < 1.29 is 4.42 Å². The van der Waals surface area contributed by atoms with E-state index in [1.807, 2.05) is 65.9 Å². The molecule has 0 unspecified atom stereocenters. The molecule has 0 aliphatic rings. The lowest BCUT2D eigenvalue weighted by Gasteiger charge is -2.14. The third-order valence-electron chi connectivity index (χ3n) is 15.2. The van der Waals surface area contributed by atoms with Crippen LogP contribution in [0.5, 0.6) is 0 Å². The molecule has 7 heteroatoms. The van der Waals surface area contributed by atoms with Crippen molar-refractivity contribution in [2.75, 3.05) is 0 Å². The van der Waals surface area contributed by atoms with Gasteiger partial charge < -0.3 is 13.6 Å². The van der Waals surface area contributed by atoms with Gasteiger partial charge in [0.2, 0.25) is 0 Å². The molecule has 6 nitrogen and oxygen atoms in total. The van der Waals surface area contributed by atoms with E-state index in [1.54, 1.807) is 0 Å². The minimum absolute atomic E-state index is 0.569. The van der Waals surface area contributed by atoms with Crippen LogP contribution in [0.4, 0.5) is 0 Å². The van der Waals surface area contributed by atoms with E-state index in [0.717, 1.165) is 82.9 Å². The highest BCUT2D eigenvalue weighted by atomic mass is 32.1. The summed E-state index contributed by atoms with van der Waals surface area (Å²) in [6, 6.07) is 88.9. The third kappa shape index (κ3) is 6.62. The molecule has 0 aliphatic carbocycles. The zero-order chi connectivity index (χ0) is 49.8. The average molecular weight is 988 g/mol. The molecule has 0 saturated heterocycles. The molecular formula is C69H41N5OS. The summed E-state index contributed by atoms with van der Waals surface area (Å²) in [6.07, 6.45) is 0. The largest absolute Gasteiger partial charge is 0.456 e. The SMILES string of the molecule is c1ccc(-c2nc(-c3cccc(-n4c5ccc(-n6c7ccccc7c7ccccc76)cc5c5cccc(-c6cccc(-c7cccc8c7sc7ccccc78)c6)c54)c3)nc(-c3ccc4c(c3)oc3ccccc34)n2)cc1. The van der Waals surface area contributed by atoms with Crippen molar-refractivity contribution in [2.24, 2.45) is 0 Å². The van der Waals surface area contributed by atoms with Gasteiger partial charge in [-0.2, -0.15) is 0 Å². The fourth-order valence-electron chi connectivity index (χ4n) is 11.7. The molecule has 16 aromatic rings. The van der Waals surface area contributed by atoms with Crippen LogP contribution in [-0.4, -0.2) is 24.1 Å². The maximum atomic E-state index is 6.36. The average Bonchev–Trinajstić information content (AvgIpc) is 4.27. The van der Waals surface area contributed by atoms with E-state index in [0.29, 0.717) is 17.5 Å². The Morgan fingerprint density at radius 2 is 0.855 bits per heavy atom. The number of aromatic nitrogens is 5. The van der Waals surface area contributed by atoms with E-state index >= 15 is 0 Å². The molecule has 16 rings (SSSR count). The summed E-state index contributed by atoms with van der Waals surface area (Å²) in [4.78, 5) is 15.6. The van der Waals surface area contributed by atoms with E-state index in [2.05, 4.69) is 203 Å². The van der Waals surface area contributed by atoms with E-state index in [9.17, 15) is 0 Å². The molecule has 0 atom stereocenters. The second-order valence-electron chi connectivity index (χ2n) is 19.5. The van der Waals surface area contributed by atoms with Crippen LogP contribution in [0.25, 0.3) is 154 Å². The maximum absolute atomic E-state index is 6.36. The van der Waals surface area contributed by atoms with Gasteiger partial charge in [-0.15, -0.1) is 11.3 Å². The minimum Gasteiger partial charge on any atom is -0.456 e. The summed E-state index contributed by atoms with van der Waals surface area (Å²) in [5.74, 6) is 1.74. The zero-order valence-electron chi connectivity index (χ0n) is 40.7. The van der Waals surface area contributed by atoms with Gasteiger partial charge in [-0.3, -0.25) is 0 Å². The summed E-state index contributed by atoms with van der Waals surface area (Å²) >= 11 is 1.87. The first-order chi connectivity index (χ1) is 37.7. The number of hydrogen-bond donors (Lipinski definition) is 0. The van der Waals surface area contributed by atoms with Crippen molar-refractivity contribution in [3.05, 3.63) is 249 Å². The lowest BCUT2D eigenvalue weighted by atomic mass is 9.96. The second-order valence-corrected chi connectivity index (χ2v) is 20.6. The van der Waals surface area contributed by atoms with Crippen molar-refractivity contribution in [1.29, 1.82) is 0 Å². The Bertz CT molecular complexity index is 4970. The van der Waals surface area contributed by atoms with Gasteiger partial charge >= 0.3 is 0 Å². The van der Waals surface area contributed by atoms with Gasteiger partial charge in [-0.05, 0) is 89.5 Å². The number of benzene rings is 11. The molecule has 0 saturated carbocycles.